The van der Waals surface area contributed by atoms with Gasteiger partial charge in [-0.1, -0.05) is 0 Å². The maximum absolute atomic E-state index is 11.2. The molecule has 6 heteroatoms. The normalized spacial score (nSPS) is 26.3. The second kappa shape index (κ2) is 5.14. The molecule has 102 valence electrons. The Morgan fingerprint density at radius 3 is 2.61 bits per heavy atom. The van der Waals surface area contributed by atoms with Crippen molar-refractivity contribution in [3.05, 3.63) is 0 Å². The highest BCUT2D eigenvalue weighted by Gasteiger charge is 2.43. The van der Waals surface area contributed by atoms with Gasteiger partial charge in [0, 0.05) is 13.1 Å². The molecule has 2 fully saturated rings. The Morgan fingerprint density at radius 1 is 1.39 bits per heavy atom. The van der Waals surface area contributed by atoms with Crippen molar-refractivity contribution in [3.8, 4) is 0 Å². The minimum atomic E-state index is -0.867. The Labute approximate surface area is 106 Å². The molecule has 0 saturated carbocycles. The molecule has 2 aliphatic rings. The standard InChI is InChI=1S/C12H19NO5/c1-17-10(14)8-9-2-3-12(18-9)4-6-13(7-5-12)11(15)16/h9H,2-8H2,1H3,(H,15,16). The van der Waals surface area contributed by atoms with Gasteiger partial charge < -0.3 is 19.5 Å². The van der Waals surface area contributed by atoms with E-state index in [4.69, 9.17) is 9.84 Å². The highest BCUT2D eigenvalue weighted by atomic mass is 16.5. The van der Waals surface area contributed by atoms with E-state index in [1.54, 1.807) is 0 Å². The number of hydrogen-bond acceptors (Lipinski definition) is 4. The van der Waals surface area contributed by atoms with Gasteiger partial charge in [0.2, 0.25) is 0 Å². The van der Waals surface area contributed by atoms with E-state index in [1.165, 1.54) is 12.0 Å². The zero-order chi connectivity index (χ0) is 13.2. The molecule has 1 spiro atoms. The van der Waals surface area contributed by atoms with Crippen molar-refractivity contribution in [2.75, 3.05) is 20.2 Å². The summed E-state index contributed by atoms with van der Waals surface area (Å²) < 4.78 is 10.6. The van der Waals surface area contributed by atoms with E-state index in [2.05, 4.69) is 4.74 Å². The largest absolute Gasteiger partial charge is 0.469 e. The van der Waals surface area contributed by atoms with Gasteiger partial charge in [0.15, 0.2) is 0 Å². The smallest absolute Gasteiger partial charge is 0.407 e. The van der Waals surface area contributed by atoms with Gasteiger partial charge in [-0.15, -0.1) is 0 Å². The minimum absolute atomic E-state index is 0.0752. The lowest BCUT2D eigenvalue weighted by Gasteiger charge is -2.37. The van der Waals surface area contributed by atoms with Gasteiger partial charge >= 0.3 is 12.1 Å². The molecule has 0 aromatic carbocycles. The van der Waals surface area contributed by atoms with Gasteiger partial charge in [-0.05, 0) is 25.7 Å². The SMILES string of the molecule is COC(=O)CC1CCC2(CCN(C(=O)O)CC2)O1. The molecule has 0 bridgehead atoms. The number of carboxylic acid groups (broad SMARTS) is 1. The predicted octanol–water partition coefficient (Wildman–Crippen LogP) is 1.24. The molecular weight excluding hydrogens is 238 g/mol. The summed E-state index contributed by atoms with van der Waals surface area (Å²) in [5, 5.41) is 8.90. The number of carbonyl (C=O) groups is 2. The molecule has 6 nitrogen and oxygen atoms in total. The van der Waals surface area contributed by atoms with Crippen molar-refractivity contribution in [1.29, 1.82) is 0 Å². The molecule has 1 amide bonds. The fourth-order valence-corrected chi connectivity index (χ4v) is 2.78. The number of methoxy groups -OCH3 is 1. The molecule has 1 N–H and O–H groups in total. The predicted molar refractivity (Wildman–Crippen MR) is 62.3 cm³/mol. The van der Waals surface area contributed by atoms with Crippen LogP contribution in [0.2, 0.25) is 0 Å². The summed E-state index contributed by atoms with van der Waals surface area (Å²) in [6.45, 7) is 1.03. The third-order valence-corrected chi connectivity index (χ3v) is 3.91. The Morgan fingerprint density at radius 2 is 2.06 bits per heavy atom. The quantitative estimate of drug-likeness (QED) is 0.753. The van der Waals surface area contributed by atoms with Crippen LogP contribution in [0, 0.1) is 0 Å². The van der Waals surface area contributed by atoms with Crippen LogP contribution in [-0.2, 0) is 14.3 Å². The van der Waals surface area contributed by atoms with Crippen LogP contribution in [0.15, 0.2) is 0 Å². The summed E-state index contributed by atoms with van der Waals surface area (Å²) in [6.07, 6.45) is 2.54. The monoisotopic (exact) mass is 257 g/mol. The third kappa shape index (κ3) is 2.75. The summed E-state index contributed by atoms with van der Waals surface area (Å²) in [4.78, 5) is 23.4. The average Bonchev–Trinajstić information content (AvgIpc) is 2.72. The van der Waals surface area contributed by atoms with Gasteiger partial charge in [-0.2, -0.15) is 0 Å². The Kier molecular flexibility index (Phi) is 3.75. The number of carbonyl (C=O) groups excluding carboxylic acids is 1. The second-order valence-corrected chi connectivity index (χ2v) is 5.01. The molecule has 0 aromatic rings. The van der Waals surface area contributed by atoms with Crippen molar-refractivity contribution in [2.24, 2.45) is 0 Å². The number of likely N-dealkylation sites (tertiary alicyclic amines) is 1. The maximum atomic E-state index is 11.2. The lowest BCUT2D eigenvalue weighted by molar-refractivity contribution is -0.146. The Bertz CT molecular complexity index is 335. The van der Waals surface area contributed by atoms with Gasteiger partial charge in [-0.3, -0.25) is 4.79 Å². The summed E-state index contributed by atoms with van der Waals surface area (Å²) >= 11 is 0. The molecule has 0 aliphatic carbocycles. The van der Waals surface area contributed by atoms with Crippen molar-refractivity contribution in [3.63, 3.8) is 0 Å². The number of piperidine rings is 1. The summed E-state index contributed by atoms with van der Waals surface area (Å²) in [7, 11) is 1.37. The van der Waals surface area contributed by atoms with Crippen molar-refractivity contribution >= 4 is 12.1 Å². The topological polar surface area (TPSA) is 76.1 Å². The number of amides is 1. The molecular formula is C12H19NO5. The number of nitrogens with zero attached hydrogens (tertiary/aromatic N) is 1. The highest BCUT2D eigenvalue weighted by Crippen LogP contribution is 2.39. The van der Waals surface area contributed by atoms with E-state index in [9.17, 15) is 9.59 Å². The first-order chi connectivity index (χ1) is 8.54. The Balaban J connectivity index is 1.85. The van der Waals surface area contributed by atoms with Crippen LogP contribution in [0.3, 0.4) is 0 Å². The van der Waals surface area contributed by atoms with E-state index in [0.717, 1.165) is 25.7 Å². The average molecular weight is 257 g/mol. The zero-order valence-electron chi connectivity index (χ0n) is 10.6. The van der Waals surface area contributed by atoms with E-state index in [0.29, 0.717) is 19.5 Å². The van der Waals surface area contributed by atoms with Crippen molar-refractivity contribution in [2.45, 2.75) is 43.8 Å². The van der Waals surface area contributed by atoms with E-state index in [-0.39, 0.29) is 17.7 Å². The zero-order valence-corrected chi connectivity index (χ0v) is 10.6. The summed E-state index contributed by atoms with van der Waals surface area (Å²) in [6, 6.07) is 0. The first-order valence-corrected chi connectivity index (χ1v) is 6.27. The Hall–Kier alpha value is -1.30. The van der Waals surface area contributed by atoms with Gasteiger partial charge in [-0.25, -0.2) is 4.79 Å². The van der Waals surface area contributed by atoms with Crippen LogP contribution < -0.4 is 0 Å². The highest BCUT2D eigenvalue weighted by molar-refractivity contribution is 5.69. The molecule has 0 aromatic heterocycles. The maximum Gasteiger partial charge on any atom is 0.407 e. The summed E-state index contributed by atoms with van der Waals surface area (Å²) in [5.41, 5.74) is -0.218. The number of hydrogen-bond donors (Lipinski definition) is 1. The van der Waals surface area contributed by atoms with Gasteiger partial charge in [0.25, 0.3) is 0 Å². The number of rotatable bonds is 2. The number of esters is 1. The first kappa shape index (κ1) is 13.1. The van der Waals surface area contributed by atoms with E-state index in [1.807, 2.05) is 0 Å². The molecule has 0 radical (unpaired) electrons. The lowest BCUT2D eigenvalue weighted by atomic mass is 9.88. The molecule has 1 atom stereocenters. The van der Waals surface area contributed by atoms with Crippen molar-refractivity contribution in [1.82, 2.24) is 4.90 Å². The second-order valence-electron chi connectivity index (χ2n) is 5.01. The van der Waals surface area contributed by atoms with Crippen LogP contribution in [0.1, 0.15) is 32.1 Å². The van der Waals surface area contributed by atoms with Gasteiger partial charge in [0.05, 0.1) is 25.2 Å². The molecule has 2 heterocycles. The lowest BCUT2D eigenvalue weighted by Crippen LogP contribution is -2.46. The summed E-state index contributed by atoms with van der Waals surface area (Å²) in [5.74, 6) is -0.250. The third-order valence-electron chi connectivity index (χ3n) is 3.91. The molecule has 1 unspecified atom stereocenters. The molecule has 18 heavy (non-hydrogen) atoms. The van der Waals surface area contributed by atoms with Crippen molar-refractivity contribution < 1.29 is 24.2 Å². The van der Waals surface area contributed by atoms with Crippen LogP contribution in [-0.4, -0.2) is 54.0 Å². The van der Waals surface area contributed by atoms with E-state index < -0.39 is 6.09 Å². The van der Waals surface area contributed by atoms with Gasteiger partial charge in [0.1, 0.15) is 0 Å². The van der Waals surface area contributed by atoms with Crippen LogP contribution >= 0.6 is 0 Å². The van der Waals surface area contributed by atoms with Crippen LogP contribution in [0.5, 0.6) is 0 Å². The molecule has 2 aliphatic heterocycles. The fraction of sp³-hybridized carbons (Fsp3) is 0.833. The first-order valence-electron chi connectivity index (χ1n) is 6.27. The minimum Gasteiger partial charge on any atom is -0.469 e. The van der Waals surface area contributed by atoms with Crippen LogP contribution in [0.25, 0.3) is 0 Å². The van der Waals surface area contributed by atoms with Crippen LogP contribution in [0.4, 0.5) is 4.79 Å². The van der Waals surface area contributed by atoms with E-state index >= 15 is 0 Å². The molecule has 2 saturated heterocycles. The fourth-order valence-electron chi connectivity index (χ4n) is 2.78. The molecule has 2 rings (SSSR count). The number of ether oxygens (including phenoxy) is 2.